The Morgan fingerprint density at radius 1 is 1.50 bits per heavy atom. The topological polar surface area (TPSA) is 23.8 Å². The van der Waals surface area contributed by atoms with Gasteiger partial charge in [-0.2, -0.15) is 5.26 Å². The quantitative estimate of drug-likeness (QED) is 0.552. The Kier molecular flexibility index (Phi) is 2.07. The van der Waals surface area contributed by atoms with E-state index in [2.05, 4.69) is 0 Å². The van der Waals surface area contributed by atoms with Crippen LogP contribution in [-0.2, 0) is 0 Å². The van der Waals surface area contributed by atoms with E-state index >= 15 is 0 Å². The zero-order valence-electron chi connectivity index (χ0n) is 5.24. The number of nitriles is 1. The molecular formula is C8H5NS. The summed E-state index contributed by atoms with van der Waals surface area (Å²) in [6.07, 6.45) is 0. The van der Waals surface area contributed by atoms with Crippen LogP contribution in [0.4, 0.5) is 0 Å². The third-order valence-corrected chi connectivity index (χ3v) is 1.63. The van der Waals surface area contributed by atoms with Gasteiger partial charge in [-0.15, -0.1) is 16.9 Å². The molecule has 0 N–H and O–H groups in total. The number of benzene rings is 1. The molecule has 0 bridgehead atoms. The Morgan fingerprint density at radius 2 is 2.30 bits per heavy atom. The Labute approximate surface area is 63.5 Å². The van der Waals surface area contributed by atoms with E-state index in [0.717, 1.165) is 16.1 Å². The van der Waals surface area contributed by atoms with E-state index in [4.69, 9.17) is 10.9 Å². The van der Waals surface area contributed by atoms with E-state index in [1.54, 1.807) is 12.1 Å². The summed E-state index contributed by atoms with van der Waals surface area (Å²) in [5, 5.41) is 8.46. The maximum atomic E-state index is 8.46. The molecule has 0 aliphatic rings. The number of rotatable bonds is 0. The lowest BCUT2D eigenvalue weighted by Gasteiger charge is -1.88. The zero-order chi connectivity index (χ0) is 7.40. The molecule has 0 atom stereocenters. The molecular weight excluding hydrogens is 142 g/mol. The molecule has 1 aromatic carbocycles. The Hall–Kier alpha value is -1.29. The van der Waals surface area contributed by atoms with Crippen LogP contribution in [0.25, 0.3) is 0 Å². The molecule has 1 rings (SSSR count). The lowest BCUT2D eigenvalue weighted by atomic mass is 10.2. The third-order valence-electron chi connectivity index (χ3n) is 1.10. The van der Waals surface area contributed by atoms with Gasteiger partial charge in [0, 0.05) is 4.90 Å². The number of nitrogens with zero attached hydrogens (tertiary/aromatic N) is 1. The van der Waals surface area contributed by atoms with E-state index < -0.39 is 0 Å². The van der Waals surface area contributed by atoms with Crippen molar-refractivity contribution in [2.75, 3.05) is 0 Å². The largest absolute Gasteiger partial charge is 0.192 e. The van der Waals surface area contributed by atoms with Crippen molar-refractivity contribution in [3.8, 4) is 11.8 Å². The van der Waals surface area contributed by atoms with Crippen LogP contribution in [0, 0.1) is 17.0 Å². The molecule has 10 heavy (non-hydrogen) atoms. The number of hydrogen-bond donors (Lipinski definition) is 0. The first-order chi connectivity index (χ1) is 4.86. The van der Waals surface area contributed by atoms with E-state index in [-0.39, 0.29) is 0 Å². The lowest BCUT2D eigenvalue weighted by molar-refractivity contribution is 1.41. The number of hydrogen-bond acceptors (Lipinski definition) is 1. The maximum absolute atomic E-state index is 8.46. The highest BCUT2D eigenvalue weighted by Gasteiger charge is 1.88. The predicted molar refractivity (Wildman–Crippen MR) is 42.0 cm³/mol. The van der Waals surface area contributed by atoms with Crippen molar-refractivity contribution in [2.45, 2.75) is 4.90 Å². The fourth-order valence-electron chi connectivity index (χ4n) is 0.639. The average molecular weight is 147 g/mol. The van der Waals surface area contributed by atoms with Gasteiger partial charge in [-0.3, -0.25) is 0 Å². The molecule has 1 nitrogen and oxygen atoms in total. The van der Waals surface area contributed by atoms with Gasteiger partial charge in [0.2, 0.25) is 0 Å². The smallest absolute Gasteiger partial charge is 0.0992 e. The SMILES string of the molecule is C#Sc1cccc(C#N)c1. The normalized spacial score (nSPS) is 8.20. The van der Waals surface area contributed by atoms with Gasteiger partial charge >= 0.3 is 0 Å². The second-order valence-corrected chi connectivity index (χ2v) is 2.46. The molecule has 48 valence electrons. The second-order valence-electron chi connectivity index (χ2n) is 1.76. The van der Waals surface area contributed by atoms with Crippen LogP contribution < -0.4 is 0 Å². The summed E-state index contributed by atoms with van der Waals surface area (Å²) in [5.74, 6) is 0. The summed E-state index contributed by atoms with van der Waals surface area (Å²) in [6, 6.07) is 9.22. The highest BCUT2D eigenvalue weighted by molar-refractivity contribution is 7.88. The first-order valence-corrected chi connectivity index (χ1v) is 3.61. The van der Waals surface area contributed by atoms with Gasteiger partial charge < -0.3 is 0 Å². The first kappa shape index (κ1) is 6.82. The highest BCUT2D eigenvalue weighted by atomic mass is 32.1. The van der Waals surface area contributed by atoms with Crippen molar-refractivity contribution in [3.05, 3.63) is 29.8 Å². The van der Waals surface area contributed by atoms with Crippen LogP contribution in [0.15, 0.2) is 29.2 Å². The summed E-state index contributed by atoms with van der Waals surface area (Å²) in [5.41, 5.74) is 5.93. The average Bonchev–Trinajstić information content (AvgIpc) is 2.05. The molecule has 0 aromatic heterocycles. The van der Waals surface area contributed by atoms with Crippen LogP contribution in [0.5, 0.6) is 0 Å². The third kappa shape index (κ3) is 1.35. The van der Waals surface area contributed by atoms with Crippen molar-refractivity contribution >= 4 is 11.2 Å². The van der Waals surface area contributed by atoms with Crippen molar-refractivity contribution in [2.24, 2.45) is 0 Å². The van der Waals surface area contributed by atoms with Gasteiger partial charge in [0.1, 0.15) is 0 Å². The molecule has 0 aliphatic carbocycles. The fourth-order valence-corrected chi connectivity index (χ4v) is 0.991. The van der Waals surface area contributed by atoms with Crippen molar-refractivity contribution in [1.82, 2.24) is 0 Å². The minimum Gasteiger partial charge on any atom is -0.192 e. The molecule has 0 amide bonds. The van der Waals surface area contributed by atoms with Crippen LogP contribution >= 0.6 is 11.2 Å². The standard InChI is InChI=1S/C8H5NS/c1-10-8-4-2-3-7(5-8)6-9/h1-5H. The first-order valence-electron chi connectivity index (χ1n) is 2.73. The summed E-state index contributed by atoms with van der Waals surface area (Å²) in [4.78, 5) is 0.916. The van der Waals surface area contributed by atoms with E-state index in [1.165, 1.54) is 0 Å². The summed E-state index contributed by atoms with van der Waals surface area (Å²) < 4.78 is 0. The van der Waals surface area contributed by atoms with E-state index in [1.807, 2.05) is 18.2 Å². The summed E-state index contributed by atoms with van der Waals surface area (Å²) in [6.45, 7) is 0. The van der Waals surface area contributed by atoms with Crippen LogP contribution in [-0.4, -0.2) is 0 Å². The van der Waals surface area contributed by atoms with E-state index in [9.17, 15) is 0 Å². The molecule has 0 spiro atoms. The molecule has 0 radical (unpaired) electrons. The Balaban J connectivity index is 3.17. The van der Waals surface area contributed by atoms with Crippen molar-refractivity contribution in [3.63, 3.8) is 0 Å². The molecule has 1 aromatic rings. The van der Waals surface area contributed by atoms with E-state index in [0.29, 0.717) is 5.56 Å². The molecule has 0 aliphatic heterocycles. The minimum absolute atomic E-state index is 0.649. The Morgan fingerprint density at radius 3 is 2.90 bits per heavy atom. The molecule has 0 unspecified atom stereocenters. The summed E-state index contributed by atoms with van der Waals surface area (Å²) >= 11 is 1.15. The van der Waals surface area contributed by atoms with Crippen LogP contribution in [0.3, 0.4) is 0 Å². The van der Waals surface area contributed by atoms with Crippen LogP contribution in [0.1, 0.15) is 5.56 Å². The van der Waals surface area contributed by atoms with Gasteiger partial charge in [-0.25, -0.2) is 0 Å². The van der Waals surface area contributed by atoms with Crippen LogP contribution in [0.2, 0.25) is 0 Å². The molecule has 0 saturated carbocycles. The minimum atomic E-state index is 0.649. The molecule has 0 heterocycles. The van der Waals surface area contributed by atoms with Crippen molar-refractivity contribution in [1.29, 1.82) is 5.26 Å². The molecule has 0 fully saturated rings. The Bertz CT molecular complexity index is 288. The lowest BCUT2D eigenvalue weighted by Crippen LogP contribution is -1.71. The predicted octanol–water partition coefficient (Wildman–Crippen LogP) is 2.24. The maximum Gasteiger partial charge on any atom is 0.0992 e. The van der Waals surface area contributed by atoms with Gasteiger partial charge in [-0.05, 0) is 18.2 Å². The molecule has 2 heteroatoms. The van der Waals surface area contributed by atoms with Gasteiger partial charge in [-0.1, -0.05) is 6.07 Å². The van der Waals surface area contributed by atoms with Gasteiger partial charge in [0.05, 0.1) is 11.6 Å². The molecule has 0 saturated heterocycles. The zero-order valence-corrected chi connectivity index (χ0v) is 6.06. The van der Waals surface area contributed by atoms with Gasteiger partial charge in [0.15, 0.2) is 0 Å². The van der Waals surface area contributed by atoms with Crippen molar-refractivity contribution < 1.29 is 0 Å². The summed E-state index contributed by atoms with van der Waals surface area (Å²) in [7, 11) is 0. The van der Waals surface area contributed by atoms with Gasteiger partial charge in [0.25, 0.3) is 0 Å². The fraction of sp³-hybridized carbons (Fsp3) is 0. The second kappa shape index (κ2) is 3.03. The monoisotopic (exact) mass is 147 g/mol. The highest BCUT2D eigenvalue weighted by Crippen LogP contribution is 2.09.